The van der Waals surface area contributed by atoms with Crippen molar-refractivity contribution in [2.75, 3.05) is 25.0 Å². The van der Waals surface area contributed by atoms with Crippen molar-refractivity contribution < 1.29 is 14.4 Å². The van der Waals surface area contributed by atoms with E-state index in [1.54, 1.807) is 18.2 Å². The number of nitrogens with one attached hydrogen (secondary N) is 2. The fourth-order valence-corrected chi connectivity index (χ4v) is 3.52. The van der Waals surface area contributed by atoms with E-state index in [1.165, 1.54) is 0 Å². The number of carbonyl (C=O) groups is 3. The molecule has 0 aliphatic carbocycles. The quantitative estimate of drug-likeness (QED) is 0.707. The number of primary amides is 1. The summed E-state index contributed by atoms with van der Waals surface area (Å²) < 4.78 is 0.752. The number of likely N-dealkylation sites (tertiary alicyclic amines) is 1. The van der Waals surface area contributed by atoms with E-state index in [2.05, 4.69) is 40.4 Å². The van der Waals surface area contributed by atoms with Gasteiger partial charge in [0.2, 0.25) is 5.91 Å². The number of nitrogens with zero attached hydrogens (tertiary/aromatic N) is 1. The number of hydrogen-bond donors (Lipinski definition) is 3. The van der Waals surface area contributed by atoms with E-state index >= 15 is 0 Å². The maximum absolute atomic E-state index is 13.0. The molecule has 4 amide bonds. The van der Waals surface area contributed by atoms with Crippen LogP contribution in [0, 0.1) is 11.8 Å². The van der Waals surface area contributed by atoms with Gasteiger partial charge in [-0.05, 0) is 36.5 Å². The van der Waals surface area contributed by atoms with Crippen LogP contribution in [0.2, 0.25) is 0 Å². The number of hydrogen-bond acceptors (Lipinski definition) is 3. The third-order valence-corrected chi connectivity index (χ3v) is 4.56. The van der Waals surface area contributed by atoms with E-state index in [1.807, 2.05) is 4.90 Å². The van der Waals surface area contributed by atoms with Crippen molar-refractivity contribution in [1.82, 2.24) is 10.2 Å². The second-order valence-electron chi connectivity index (χ2n) is 6.61. The molecule has 1 heterocycles. The van der Waals surface area contributed by atoms with Gasteiger partial charge in [0.1, 0.15) is 0 Å². The van der Waals surface area contributed by atoms with Gasteiger partial charge in [-0.1, -0.05) is 29.8 Å². The van der Waals surface area contributed by atoms with E-state index < -0.39 is 11.9 Å². The van der Waals surface area contributed by atoms with Gasteiger partial charge in [0.05, 0.1) is 17.8 Å². The topological polar surface area (TPSA) is 105 Å². The van der Waals surface area contributed by atoms with Crippen molar-refractivity contribution in [3.63, 3.8) is 0 Å². The monoisotopic (exact) mass is 410 g/mol. The molecule has 2 atom stereocenters. The summed E-state index contributed by atoms with van der Waals surface area (Å²) in [7, 11) is 0. The first-order chi connectivity index (χ1) is 11.8. The highest BCUT2D eigenvalue weighted by atomic mass is 79.9. The molecule has 0 spiro atoms. The van der Waals surface area contributed by atoms with Crippen LogP contribution in [0.4, 0.5) is 10.5 Å². The molecular formula is C17H23BrN4O3. The van der Waals surface area contributed by atoms with Crippen LogP contribution in [0.5, 0.6) is 0 Å². The third kappa shape index (κ3) is 5.45. The number of carbonyl (C=O) groups excluding carboxylic acids is 3. The van der Waals surface area contributed by atoms with Gasteiger partial charge in [0.15, 0.2) is 0 Å². The molecule has 2 rings (SSSR count). The Balaban J connectivity index is 2.18. The molecule has 7 nitrogen and oxygen atoms in total. The minimum atomic E-state index is -0.779. The van der Waals surface area contributed by atoms with E-state index in [-0.39, 0.29) is 12.5 Å². The average Bonchev–Trinajstić information content (AvgIpc) is 2.53. The number of rotatable bonds is 4. The predicted octanol–water partition coefficient (Wildman–Crippen LogP) is 2.17. The highest BCUT2D eigenvalue weighted by Gasteiger charge is 2.27. The lowest BCUT2D eigenvalue weighted by molar-refractivity contribution is -0.115. The zero-order valence-electron chi connectivity index (χ0n) is 14.3. The van der Waals surface area contributed by atoms with Crippen molar-refractivity contribution in [2.45, 2.75) is 20.3 Å². The van der Waals surface area contributed by atoms with Crippen molar-refractivity contribution in [3.8, 4) is 0 Å². The van der Waals surface area contributed by atoms with Crippen LogP contribution in [-0.2, 0) is 4.79 Å². The van der Waals surface area contributed by atoms with E-state index in [9.17, 15) is 14.4 Å². The van der Waals surface area contributed by atoms with Crippen molar-refractivity contribution in [3.05, 3.63) is 28.2 Å². The summed E-state index contributed by atoms with van der Waals surface area (Å²) in [4.78, 5) is 37.5. The fourth-order valence-electron chi connectivity index (χ4n) is 3.16. The highest BCUT2D eigenvalue weighted by molar-refractivity contribution is 9.10. The van der Waals surface area contributed by atoms with Crippen molar-refractivity contribution >= 4 is 39.5 Å². The SMILES string of the molecule is C[C@@H]1C[C@H](C)CN(C(=O)c2cc(Br)ccc2NC(=O)CNC(N)=O)C1. The number of piperidine rings is 1. The van der Waals surface area contributed by atoms with Crippen LogP contribution in [0.3, 0.4) is 0 Å². The standard InChI is InChI=1S/C17H23BrN4O3/c1-10-5-11(2)9-22(8-10)16(24)13-6-12(18)3-4-14(13)21-15(23)7-20-17(19)25/h3-4,6,10-11H,5,7-9H2,1-2H3,(H,21,23)(H3,19,20,25)/t10-,11+. The number of nitrogens with two attached hydrogens (primary N) is 1. The maximum atomic E-state index is 13.0. The Labute approximate surface area is 155 Å². The maximum Gasteiger partial charge on any atom is 0.312 e. The largest absolute Gasteiger partial charge is 0.352 e. The Kier molecular flexibility index (Phi) is 6.41. The molecule has 1 fully saturated rings. The van der Waals surface area contributed by atoms with Crippen molar-refractivity contribution in [2.24, 2.45) is 17.6 Å². The summed E-state index contributed by atoms with van der Waals surface area (Å²) in [6.07, 6.45) is 1.10. The molecular weight excluding hydrogens is 388 g/mol. The molecule has 25 heavy (non-hydrogen) atoms. The van der Waals surface area contributed by atoms with E-state index in [0.29, 0.717) is 36.2 Å². The molecule has 1 aromatic rings. The molecule has 8 heteroatoms. The Hall–Kier alpha value is -2.09. The van der Waals surface area contributed by atoms with Crippen LogP contribution in [0.1, 0.15) is 30.6 Å². The molecule has 4 N–H and O–H groups in total. The molecule has 1 aliphatic heterocycles. The van der Waals surface area contributed by atoms with Gasteiger partial charge in [0.25, 0.3) is 5.91 Å². The van der Waals surface area contributed by atoms with Gasteiger partial charge in [-0.15, -0.1) is 0 Å². The lowest BCUT2D eigenvalue weighted by Gasteiger charge is -2.35. The summed E-state index contributed by atoms with van der Waals surface area (Å²) in [5, 5.41) is 4.88. The minimum absolute atomic E-state index is 0.113. The van der Waals surface area contributed by atoms with Crippen LogP contribution in [0.15, 0.2) is 22.7 Å². The number of amides is 4. The number of urea groups is 1. The zero-order chi connectivity index (χ0) is 18.6. The zero-order valence-corrected chi connectivity index (χ0v) is 15.9. The predicted molar refractivity (Wildman–Crippen MR) is 99.2 cm³/mol. The van der Waals surface area contributed by atoms with Gasteiger partial charge in [-0.2, -0.15) is 0 Å². The number of benzene rings is 1. The first-order valence-electron chi connectivity index (χ1n) is 8.18. The normalized spacial score (nSPS) is 20.0. The van der Waals surface area contributed by atoms with Crippen molar-refractivity contribution in [1.29, 1.82) is 0 Å². The van der Waals surface area contributed by atoms with Gasteiger partial charge < -0.3 is 21.3 Å². The first kappa shape index (κ1) is 19.2. The lowest BCUT2D eigenvalue weighted by atomic mass is 9.91. The van der Waals surface area contributed by atoms with Crippen LogP contribution in [-0.4, -0.2) is 42.4 Å². The highest BCUT2D eigenvalue weighted by Crippen LogP contribution is 2.27. The third-order valence-electron chi connectivity index (χ3n) is 4.07. The summed E-state index contributed by atoms with van der Waals surface area (Å²) in [6.45, 7) is 5.42. The molecule has 0 unspecified atom stereocenters. The van der Waals surface area contributed by atoms with Crippen LogP contribution in [0.25, 0.3) is 0 Å². The second-order valence-corrected chi connectivity index (χ2v) is 7.53. The van der Waals surface area contributed by atoms with Crippen LogP contribution >= 0.6 is 15.9 Å². The van der Waals surface area contributed by atoms with Gasteiger partial charge >= 0.3 is 6.03 Å². The lowest BCUT2D eigenvalue weighted by Crippen LogP contribution is -2.43. The molecule has 1 aliphatic rings. The number of halogens is 1. The van der Waals surface area contributed by atoms with E-state index in [0.717, 1.165) is 10.9 Å². The van der Waals surface area contributed by atoms with Gasteiger partial charge in [0, 0.05) is 17.6 Å². The Morgan fingerprint density at radius 1 is 1.24 bits per heavy atom. The van der Waals surface area contributed by atoms with Gasteiger partial charge in [-0.3, -0.25) is 9.59 Å². The second kappa shape index (κ2) is 8.33. The molecule has 1 saturated heterocycles. The van der Waals surface area contributed by atoms with Crippen LogP contribution < -0.4 is 16.4 Å². The smallest absolute Gasteiger partial charge is 0.312 e. The Morgan fingerprint density at radius 3 is 2.48 bits per heavy atom. The summed E-state index contributed by atoms with van der Waals surface area (Å²) in [5.41, 5.74) is 5.79. The summed E-state index contributed by atoms with van der Waals surface area (Å²) >= 11 is 3.37. The Bertz CT molecular complexity index is 670. The molecule has 0 bridgehead atoms. The molecule has 0 radical (unpaired) electrons. The summed E-state index contributed by atoms with van der Waals surface area (Å²) in [5.74, 6) is 0.323. The molecule has 0 saturated carbocycles. The van der Waals surface area contributed by atoms with Gasteiger partial charge in [-0.25, -0.2) is 4.79 Å². The molecule has 136 valence electrons. The molecule has 1 aromatic carbocycles. The first-order valence-corrected chi connectivity index (χ1v) is 8.97. The minimum Gasteiger partial charge on any atom is -0.352 e. The number of anilines is 1. The fraction of sp³-hybridized carbons (Fsp3) is 0.471. The average molecular weight is 411 g/mol. The Morgan fingerprint density at radius 2 is 1.88 bits per heavy atom. The van der Waals surface area contributed by atoms with E-state index in [4.69, 9.17) is 5.73 Å². The summed E-state index contributed by atoms with van der Waals surface area (Å²) in [6, 6.07) is 4.33. The molecule has 0 aromatic heterocycles.